The predicted octanol–water partition coefficient (Wildman–Crippen LogP) is 1.13. The van der Waals surface area contributed by atoms with Gasteiger partial charge in [0.05, 0.1) is 12.9 Å². The molecule has 0 aromatic carbocycles. The number of nitrogens with zero attached hydrogens (tertiary/aromatic N) is 4. The van der Waals surface area contributed by atoms with Crippen LogP contribution in [0.25, 0.3) is 11.2 Å². The van der Waals surface area contributed by atoms with Crippen molar-refractivity contribution in [3.63, 3.8) is 0 Å². The lowest BCUT2D eigenvalue weighted by Crippen LogP contribution is -2.41. The zero-order chi connectivity index (χ0) is 23.3. The molecule has 0 bridgehead atoms. The van der Waals surface area contributed by atoms with Crippen LogP contribution < -0.4 is 11.2 Å². The van der Waals surface area contributed by atoms with Crippen LogP contribution >= 0.6 is 0 Å². The average Bonchev–Trinajstić information content (AvgIpc) is 3.34. The predicted molar refractivity (Wildman–Crippen MR) is 120 cm³/mol. The number of rotatable bonds is 12. The first-order valence-corrected chi connectivity index (χ1v) is 11.8. The van der Waals surface area contributed by atoms with Crippen LogP contribution in [-0.4, -0.2) is 58.9 Å². The van der Waals surface area contributed by atoms with E-state index < -0.39 is 36.7 Å². The number of fused-ring (bicyclic) bond motifs is 1. The van der Waals surface area contributed by atoms with E-state index in [1.807, 2.05) is 0 Å². The summed E-state index contributed by atoms with van der Waals surface area (Å²) >= 11 is 0. The molecule has 3 heterocycles. The van der Waals surface area contributed by atoms with Crippen molar-refractivity contribution >= 4 is 11.2 Å². The Morgan fingerprint density at radius 3 is 2.12 bits per heavy atom. The average molecular weight is 453 g/mol. The smallest absolute Gasteiger partial charge is 0.332 e. The molecule has 1 fully saturated rings. The van der Waals surface area contributed by atoms with E-state index in [0.717, 1.165) is 44.9 Å². The quantitative estimate of drug-likeness (QED) is 0.411. The van der Waals surface area contributed by atoms with Gasteiger partial charge >= 0.3 is 5.69 Å². The molecule has 0 aliphatic carbocycles. The van der Waals surface area contributed by atoms with Crippen LogP contribution in [0.4, 0.5) is 0 Å². The Kier molecular flexibility index (Phi) is 8.64. The van der Waals surface area contributed by atoms with Gasteiger partial charge in [-0.3, -0.25) is 18.5 Å². The largest absolute Gasteiger partial charge is 0.394 e. The van der Waals surface area contributed by atoms with E-state index in [4.69, 9.17) is 4.74 Å². The van der Waals surface area contributed by atoms with E-state index in [1.165, 1.54) is 20.0 Å². The molecule has 4 atom stereocenters. The van der Waals surface area contributed by atoms with E-state index in [-0.39, 0.29) is 16.9 Å². The molecule has 1 aliphatic rings. The first-order valence-electron chi connectivity index (χ1n) is 11.8. The van der Waals surface area contributed by atoms with Gasteiger partial charge in [-0.05, 0) is 12.8 Å². The number of hydrogen-bond donors (Lipinski definition) is 3. The van der Waals surface area contributed by atoms with E-state index in [2.05, 4.69) is 18.8 Å². The summed E-state index contributed by atoms with van der Waals surface area (Å²) in [6.45, 7) is 4.50. The third kappa shape index (κ3) is 4.83. The number of ether oxygens (including phenoxy) is 1. The van der Waals surface area contributed by atoms with Crippen LogP contribution in [-0.2, 0) is 17.8 Å². The number of imidazole rings is 1. The summed E-state index contributed by atoms with van der Waals surface area (Å²) in [6.07, 6.45) is 4.28. The van der Waals surface area contributed by atoms with Gasteiger partial charge in [-0.15, -0.1) is 0 Å². The van der Waals surface area contributed by atoms with Crippen molar-refractivity contribution in [2.45, 2.75) is 103 Å². The van der Waals surface area contributed by atoms with Crippen LogP contribution in [0.5, 0.6) is 0 Å². The molecule has 3 rings (SSSR count). The normalized spacial score (nSPS) is 23.4. The second kappa shape index (κ2) is 11.2. The van der Waals surface area contributed by atoms with Crippen LogP contribution in [0.15, 0.2) is 15.9 Å². The number of aliphatic hydroxyl groups excluding tert-OH is 3. The van der Waals surface area contributed by atoms with E-state index in [1.54, 1.807) is 0 Å². The number of hydrogen-bond acceptors (Lipinski definition) is 7. The maximum atomic E-state index is 13.4. The summed E-state index contributed by atoms with van der Waals surface area (Å²) in [5, 5.41) is 30.0. The van der Waals surface area contributed by atoms with Gasteiger partial charge in [0.15, 0.2) is 17.4 Å². The van der Waals surface area contributed by atoms with Crippen LogP contribution in [0, 0.1) is 0 Å². The Morgan fingerprint density at radius 1 is 0.938 bits per heavy atom. The zero-order valence-electron chi connectivity index (χ0n) is 19.0. The summed E-state index contributed by atoms with van der Waals surface area (Å²) in [5.74, 6) is 0. The second-order valence-corrected chi connectivity index (χ2v) is 8.57. The van der Waals surface area contributed by atoms with Crippen LogP contribution in [0.3, 0.4) is 0 Å². The molecule has 32 heavy (non-hydrogen) atoms. The Hall–Kier alpha value is -2.01. The molecular formula is C22H36N4O6. The van der Waals surface area contributed by atoms with Gasteiger partial charge in [0.25, 0.3) is 5.56 Å². The molecule has 0 spiro atoms. The first-order chi connectivity index (χ1) is 15.5. The van der Waals surface area contributed by atoms with Crippen molar-refractivity contribution in [1.82, 2.24) is 18.7 Å². The fraction of sp³-hybridized carbons (Fsp3) is 0.773. The third-order valence-corrected chi connectivity index (χ3v) is 6.20. The van der Waals surface area contributed by atoms with E-state index >= 15 is 0 Å². The van der Waals surface area contributed by atoms with Crippen LogP contribution in [0.1, 0.15) is 71.4 Å². The summed E-state index contributed by atoms with van der Waals surface area (Å²) in [6, 6.07) is 0. The van der Waals surface area contributed by atoms with Gasteiger partial charge in [-0.1, -0.05) is 52.4 Å². The van der Waals surface area contributed by atoms with Crippen molar-refractivity contribution in [3.05, 3.63) is 27.2 Å². The fourth-order valence-corrected chi connectivity index (χ4v) is 4.30. The monoisotopic (exact) mass is 452 g/mol. The van der Waals surface area contributed by atoms with E-state index in [0.29, 0.717) is 19.5 Å². The van der Waals surface area contributed by atoms with Gasteiger partial charge in [0, 0.05) is 13.1 Å². The molecule has 0 saturated carbocycles. The Balaban J connectivity index is 2.05. The maximum Gasteiger partial charge on any atom is 0.332 e. The molecule has 0 amide bonds. The number of aryl methyl sites for hydroxylation is 1. The van der Waals surface area contributed by atoms with E-state index in [9.17, 15) is 24.9 Å². The number of unbranched alkanes of at least 4 members (excludes halogenated alkanes) is 6. The highest BCUT2D eigenvalue weighted by molar-refractivity contribution is 5.70. The molecule has 2 aromatic heterocycles. The summed E-state index contributed by atoms with van der Waals surface area (Å²) in [4.78, 5) is 30.9. The lowest BCUT2D eigenvalue weighted by molar-refractivity contribution is -0.0509. The maximum absolute atomic E-state index is 13.4. The first kappa shape index (κ1) is 24.6. The molecule has 1 aliphatic heterocycles. The molecule has 2 aromatic rings. The molecule has 1 saturated heterocycles. The molecule has 10 nitrogen and oxygen atoms in total. The standard InChI is InChI=1S/C22H36N4O6/c1-3-5-7-9-11-24-19-16(20(30)25(22(24)31)12-10-8-6-4-2)26(14-23-19)21-18(29)17(28)15(13-27)32-21/h14-15,17-18,21,27-29H,3-13H2,1-2H3/t15-,17-,18-,21-/m1/s1. The van der Waals surface area contributed by atoms with Gasteiger partial charge in [-0.25, -0.2) is 9.78 Å². The topological polar surface area (TPSA) is 132 Å². The minimum atomic E-state index is -1.34. The van der Waals surface area contributed by atoms with Gasteiger partial charge in [-0.2, -0.15) is 0 Å². The van der Waals surface area contributed by atoms with Crippen LogP contribution in [0.2, 0.25) is 0 Å². The number of aliphatic hydroxyl groups is 3. The van der Waals surface area contributed by atoms with Gasteiger partial charge in [0.1, 0.15) is 18.3 Å². The highest BCUT2D eigenvalue weighted by Gasteiger charge is 2.44. The summed E-state index contributed by atoms with van der Waals surface area (Å²) < 4.78 is 9.78. The highest BCUT2D eigenvalue weighted by Crippen LogP contribution is 2.30. The molecular weight excluding hydrogens is 416 g/mol. The molecule has 0 radical (unpaired) electrons. The number of aromatic nitrogens is 4. The fourth-order valence-electron chi connectivity index (χ4n) is 4.30. The minimum Gasteiger partial charge on any atom is -0.394 e. The molecule has 0 unspecified atom stereocenters. The molecule has 3 N–H and O–H groups in total. The minimum absolute atomic E-state index is 0.158. The van der Waals surface area contributed by atoms with Gasteiger partial charge in [0.2, 0.25) is 0 Å². The Labute approximate surface area is 187 Å². The van der Waals surface area contributed by atoms with Gasteiger partial charge < -0.3 is 20.1 Å². The van der Waals surface area contributed by atoms with Crippen molar-refractivity contribution in [3.8, 4) is 0 Å². The van der Waals surface area contributed by atoms with Crippen molar-refractivity contribution in [1.29, 1.82) is 0 Å². The lowest BCUT2D eigenvalue weighted by Gasteiger charge is -2.18. The zero-order valence-corrected chi connectivity index (χ0v) is 19.0. The third-order valence-electron chi connectivity index (χ3n) is 6.20. The summed E-state index contributed by atoms with van der Waals surface area (Å²) in [7, 11) is 0. The molecule has 180 valence electrons. The Bertz CT molecular complexity index is 997. The van der Waals surface area contributed by atoms with Crippen molar-refractivity contribution in [2.75, 3.05) is 6.61 Å². The van der Waals surface area contributed by atoms with Crippen molar-refractivity contribution in [2.24, 2.45) is 0 Å². The summed E-state index contributed by atoms with van der Waals surface area (Å²) in [5.41, 5.74) is -0.451. The second-order valence-electron chi connectivity index (χ2n) is 8.57. The Morgan fingerprint density at radius 2 is 1.56 bits per heavy atom. The SMILES string of the molecule is CCCCCCn1c(=O)c2c(ncn2[C@@H]2O[C@H](CO)[C@@H](O)[C@H]2O)n(CCCCCC)c1=O. The van der Waals surface area contributed by atoms with Crippen molar-refractivity contribution < 1.29 is 20.1 Å². The lowest BCUT2D eigenvalue weighted by atomic mass is 10.1. The molecule has 10 heteroatoms. The highest BCUT2D eigenvalue weighted by atomic mass is 16.6.